The molecule has 2 N–H and O–H groups in total. The van der Waals surface area contributed by atoms with Gasteiger partial charge in [-0.05, 0) is 25.1 Å². The van der Waals surface area contributed by atoms with E-state index in [0.717, 1.165) is 10.5 Å². The van der Waals surface area contributed by atoms with Gasteiger partial charge in [0, 0.05) is 11.1 Å². The van der Waals surface area contributed by atoms with Gasteiger partial charge in [-0.3, -0.25) is 4.79 Å². The maximum absolute atomic E-state index is 14.2. The summed E-state index contributed by atoms with van der Waals surface area (Å²) in [7, 11) is 1.90. The van der Waals surface area contributed by atoms with Gasteiger partial charge in [0.05, 0.1) is 19.3 Å². The van der Waals surface area contributed by atoms with Gasteiger partial charge in [-0.15, -0.1) is 0 Å². The minimum absolute atomic E-state index is 0.169. The molecule has 5 heteroatoms. The lowest BCUT2D eigenvalue weighted by Gasteiger charge is -2.25. The second kappa shape index (κ2) is 9.85. The summed E-state index contributed by atoms with van der Waals surface area (Å²) >= 11 is 0. The first-order valence-corrected chi connectivity index (χ1v) is 9.73. The van der Waals surface area contributed by atoms with Crippen molar-refractivity contribution in [1.29, 1.82) is 0 Å². The molecule has 1 unspecified atom stereocenters. The van der Waals surface area contributed by atoms with E-state index < -0.39 is 6.04 Å². The number of amides is 1. The number of benzene rings is 3. The predicted octanol–water partition coefficient (Wildman–Crippen LogP) is 3.62. The first-order chi connectivity index (χ1) is 14.1. The molecule has 0 saturated carbocycles. The first kappa shape index (κ1) is 20.6. The monoisotopic (exact) mass is 393 g/mol. The quantitative estimate of drug-likeness (QED) is 0.614. The van der Waals surface area contributed by atoms with Crippen LogP contribution in [0.15, 0.2) is 78.9 Å². The van der Waals surface area contributed by atoms with Gasteiger partial charge in [-0.1, -0.05) is 60.7 Å². The van der Waals surface area contributed by atoms with Crippen molar-refractivity contribution in [3.63, 3.8) is 0 Å². The van der Waals surface area contributed by atoms with E-state index in [1.54, 1.807) is 12.1 Å². The Labute approximate surface area is 170 Å². The molecule has 3 aromatic rings. The van der Waals surface area contributed by atoms with Crippen molar-refractivity contribution in [2.75, 3.05) is 19.0 Å². The maximum Gasteiger partial charge on any atom is 0.287 e. The molecular weight excluding hydrogens is 367 g/mol. The van der Waals surface area contributed by atoms with Crippen LogP contribution in [0.25, 0.3) is 0 Å². The van der Waals surface area contributed by atoms with Gasteiger partial charge in [0.25, 0.3) is 5.91 Å². The summed E-state index contributed by atoms with van der Waals surface area (Å²) in [6.07, 6.45) is 0. The summed E-state index contributed by atoms with van der Waals surface area (Å²) in [5.74, 6) is 0.194. The van der Waals surface area contributed by atoms with Crippen LogP contribution in [0, 0.1) is 5.82 Å². The average molecular weight is 393 g/mol. The van der Waals surface area contributed by atoms with E-state index in [-0.39, 0.29) is 11.7 Å². The number of hydrogen-bond acceptors (Lipinski definition) is 2. The molecule has 3 rings (SSSR count). The zero-order chi connectivity index (χ0) is 20.6. The largest absolute Gasteiger partial charge is 0.492 e. The highest BCUT2D eigenvalue weighted by Crippen LogP contribution is 2.25. The van der Waals surface area contributed by atoms with Gasteiger partial charge < -0.3 is 15.0 Å². The molecule has 0 radical (unpaired) electrons. The summed E-state index contributed by atoms with van der Waals surface area (Å²) in [4.78, 5) is 14.2. The SMILES string of the molecule is CCOc1ccccc1NC(=O)[C@@H](c1ccccc1)[NH+](C)Cc1ccccc1F. The average Bonchev–Trinajstić information content (AvgIpc) is 2.72. The van der Waals surface area contributed by atoms with Crippen LogP contribution in [0.2, 0.25) is 0 Å². The summed E-state index contributed by atoms with van der Waals surface area (Å²) in [6.45, 7) is 2.79. The molecule has 0 fully saturated rings. The molecule has 29 heavy (non-hydrogen) atoms. The minimum atomic E-state index is -0.509. The lowest BCUT2D eigenvalue weighted by molar-refractivity contribution is -0.916. The van der Waals surface area contributed by atoms with Gasteiger partial charge in [0.1, 0.15) is 18.1 Å². The summed E-state index contributed by atoms with van der Waals surface area (Å²) in [6, 6.07) is 23.1. The molecule has 0 aromatic heterocycles. The molecule has 150 valence electrons. The fraction of sp³-hybridized carbons (Fsp3) is 0.208. The minimum Gasteiger partial charge on any atom is -0.492 e. The fourth-order valence-electron chi connectivity index (χ4n) is 3.41. The highest BCUT2D eigenvalue weighted by molar-refractivity contribution is 5.95. The van der Waals surface area contributed by atoms with Gasteiger partial charge in [-0.2, -0.15) is 0 Å². The van der Waals surface area contributed by atoms with Gasteiger partial charge in [0.2, 0.25) is 0 Å². The number of quaternary nitrogens is 1. The topological polar surface area (TPSA) is 42.8 Å². The lowest BCUT2D eigenvalue weighted by atomic mass is 10.0. The van der Waals surface area contributed by atoms with E-state index >= 15 is 0 Å². The van der Waals surface area contributed by atoms with E-state index in [4.69, 9.17) is 4.74 Å². The van der Waals surface area contributed by atoms with Gasteiger partial charge >= 0.3 is 0 Å². The number of carbonyl (C=O) groups excluding carboxylic acids is 1. The molecule has 1 amide bonds. The third kappa shape index (κ3) is 5.21. The van der Waals surface area contributed by atoms with Crippen LogP contribution in [-0.2, 0) is 11.3 Å². The van der Waals surface area contributed by atoms with Crippen LogP contribution in [0.1, 0.15) is 24.1 Å². The molecular formula is C24H26FN2O2+. The highest BCUT2D eigenvalue weighted by Gasteiger charge is 2.30. The Hall–Kier alpha value is -3.18. The number of para-hydroxylation sites is 2. The van der Waals surface area contributed by atoms with Crippen LogP contribution in [0.4, 0.5) is 10.1 Å². The molecule has 0 heterocycles. The smallest absolute Gasteiger partial charge is 0.287 e. The second-order valence-electron chi connectivity index (χ2n) is 6.88. The Kier molecular flexibility index (Phi) is 6.98. The molecule has 0 bridgehead atoms. The van der Waals surface area contributed by atoms with Crippen molar-refractivity contribution >= 4 is 11.6 Å². The Morgan fingerprint density at radius 3 is 2.38 bits per heavy atom. The first-order valence-electron chi connectivity index (χ1n) is 9.73. The summed E-state index contributed by atoms with van der Waals surface area (Å²) in [5.41, 5.74) is 2.07. The van der Waals surface area contributed by atoms with Crippen LogP contribution in [-0.4, -0.2) is 19.6 Å². The molecule has 0 saturated heterocycles. The molecule has 2 atom stereocenters. The van der Waals surface area contributed by atoms with E-state index in [2.05, 4.69) is 5.32 Å². The highest BCUT2D eigenvalue weighted by atomic mass is 19.1. The van der Waals surface area contributed by atoms with E-state index in [1.807, 2.05) is 74.6 Å². The van der Waals surface area contributed by atoms with Gasteiger partial charge in [0.15, 0.2) is 6.04 Å². The Bertz CT molecular complexity index is 946. The van der Waals surface area contributed by atoms with Crippen molar-refractivity contribution in [1.82, 2.24) is 0 Å². The van der Waals surface area contributed by atoms with Crippen molar-refractivity contribution in [3.8, 4) is 5.75 Å². The Balaban J connectivity index is 1.88. The number of hydrogen-bond donors (Lipinski definition) is 2. The van der Waals surface area contributed by atoms with Crippen molar-refractivity contribution < 1.29 is 18.8 Å². The maximum atomic E-state index is 14.2. The summed E-state index contributed by atoms with van der Waals surface area (Å²) in [5, 5.41) is 3.00. The molecule has 0 aliphatic heterocycles. The second-order valence-corrected chi connectivity index (χ2v) is 6.88. The van der Waals surface area contributed by atoms with E-state index in [1.165, 1.54) is 6.07 Å². The van der Waals surface area contributed by atoms with E-state index in [9.17, 15) is 9.18 Å². The van der Waals surface area contributed by atoms with Gasteiger partial charge in [-0.25, -0.2) is 4.39 Å². The van der Waals surface area contributed by atoms with Crippen LogP contribution < -0.4 is 15.0 Å². The Morgan fingerprint density at radius 1 is 1.00 bits per heavy atom. The zero-order valence-electron chi connectivity index (χ0n) is 16.7. The number of anilines is 1. The summed E-state index contributed by atoms with van der Waals surface area (Å²) < 4.78 is 19.8. The number of ether oxygens (including phenoxy) is 1. The van der Waals surface area contributed by atoms with Crippen LogP contribution in [0.5, 0.6) is 5.75 Å². The number of rotatable bonds is 8. The number of halogens is 1. The fourth-order valence-corrected chi connectivity index (χ4v) is 3.41. The number of nitrogens with one attached hydrogen (secondary N) is 2. The molecule has 4 nitrogen and oxygen atoms in total. The van der Waals surface area contributed by atoms with Crippen LogP contribution >= 0.6 is 0 Å². The Morgan fingerprint density at radius 2 is 1.66 bits per heavy atom. The van der Waals surface area contributed by atoms with Crippen LogP contribution in [0.3, 0.4) is 0 Å². The third-order valence-electron chi connectivity index (χ3n) is 4.76. The lowest BCUT2D eigenvalue weighted by Crippen LogP contribution is -3.09. The number of carbonyl (C=O) groups is 1. The molecule has 0 aliphatic carbocycles. The normalized spacial score (nSPS) is 12.8. The number of likely N-dealkylation sites (N-methyl/N-ethyl adjacent to an activating group) is 1. The molecule has 3 aromatic carbocycles. The standard InChI is InChI=1S/C24H25FN2O2/c1-3-29-22-16-10-9-15-21(22)26-24(28)23(18-11-5-4-6-12-18)27(2)17-19-13-7-8-14-20(19)25/h4-16,23H,3,17H2,1-2H3,(H,26,28)/p+1/t23-/m1/s1. The predicted molar refractivity (Wildman–Crippen MR) is 112 cm³/mol. The van der Waals surface area contributed by atoms with Crippen molar-refractivity contribution in [2.45, 2.75) is 19.5 Å². The zero-order valence-corrected chi connectivity index (χ0v) is 16.7. The van der Waals surface area contributed by atoms with E-state index in [0.29, 0.717) is 30.2 Å². The molecule has 0 aliphatic rings. The van der Waals surface area contributed by atoms with Crippen molar-refractivity contribution in [2.24, 2.45) is 0 Å². The molecule has 0 spiro atoms. The van der Waals surface area contributed by atoms with Crippen molar-refractivity contribution in [3.05, 3.63) is 95.8 Å². The third-order valence-corrected chi connectivity index (χ3v) is 4.76.